The van der Waals surface area contributed by atoms with Gasteiger partial charge in [0.1, 0.15) is 10.7 Å². The monoisotopic (exact) mass is 289 g/mol. The molecule has 20 heavy (non-hydrogen) atoms. The summed E-state index contributed by atoms with van der Waals surface area (Å²) < 4.78 is 0. The van der Waals surface area contributed by atoms with Gasteiger partial charge in [0, 0.05) is 18.4 Å². The van der Waals surface area contributed by atoms with Crippen molar-refractivity contribution in [3.05, 3.63) is 29.0 Å². The number of H-pyrrole nitrogens is 1. The lowest BCUT2D eigenvalue weighted by Crippen LogP contribution is -2.26. The van der Waals surface area contributed by atoms with Gasteiger partial charge in [-0.25, -0.2) is 4.98 Å². The summed E-state index contributed by atoms with van der Waals surface area (Å²) in [7, 11) is 0. The summed E-state index contributed by atoms with van der Waals surface area (Å²) in [5.74, 6) is -0.237. The largest absolute Gasteiger partial charge is 0.374 e. The van der Waals surface area contributed by atoms with E-state index in [1.165, 1.54) is 11.3 Å². The second kappa shape index (κ2) is 5.21. The molecular formula is C11H11N7OS. The highest BCUT2D eigenvalue weighted by atomic mass is 32.1. The molecule has 0 aliphatic heterocycles. The van der Waals surface area contributed by atoms with Gasteiger partial charge < -0.3 is 11.1 Å². The molecule has 0 aliphatic carbocycles. The van der Waals surface area contributed by atoms with E-state index in [1.807, 2.05) is 0 Å². The van der Waals surface area contributed by atoms with Gasteiger partial charge in [-0.05, 0) is 12.1 Å². The summed E-state index contributed by atoms with van der Waals surface area (Å²) in [6.45, 7) is 0.455. The van der Waals surface area contributed by atoms with E-state index in [4.69, 9.17) is 5.73 Å². The number of rotatable bonds is 4. The number of carbonyl (C=O) groups is 1. The number of nitrogens with one attached hydrogen (secondary N) is 2. The van der Waals surface area contributed by atoms with Crippen molar-refractivity contribution in [3.8, 4) is 0 Å². The van der Waals surface area contributed by atoms with Gasteiger partial charge in [0.05, 0.1) is 6.20 Å². The molecule has 8 nitrogen and oxygen atoms in total. The van der Waals surface area contributed by atoms with Crippen LogP contribution in [-0.4, -0.2) is 37.8 Å². The van der Waals surface area contributed by atoms with Crippen molar-refractivity contribution in [2.75, 3.05) is 12.3 Å². The SMILES string of the molecule is Nc1nnc(CCNC(=O)c2ccc3cn[nH]c3n2)s1. The molecule has 0 radical (unpaired) electrons. The molecule has 0 saturated carbocycles. The molecule has 0 spiro atoms. The van der Waals surface area contributed by atoms with Crippen molar-refractivity contribution >= 4 is 33.4 Å². The minimum atomic E-state index is -0.237. The Bertz CT molecular complexity index is 750. The van der Waals surface area contributed by atoms with Gasteiger partial charge in [-0.2, -0.15) is 5.10 Å². The summed E-state index contributed by atoms with van der Waals surface area (Å²) in [6.07, 6.45) is 2.25. The van der Waals surface area contributed by atoms with Gasteiger partial charge in [0.25, 0.3) is 5.91 Å². The molecule has 3 aromatic heterocycles. The molecular weight excluding hydrogens is 278 g/mol. The average molecular weight is 289 g/mol. The van der Waals surface area contributed by atoms with Crippen LogP contribution in [0, 0.1) is 0 Å². The molecule has 3 rings (SSSR count). The van der Waals surface area contributed by atoms with Crippen molar-refractivity contribution in [1.82, 2.24) is 30.7 Å². The molecule has 0 atom stereocenters. The number of nitrogen functional groups attached to an aromatic ring is 1. The number of amides is 1. The second-order valence-corrected chi connectivity index (χ2v) is 5.14. The molecule has 9 heteroatoms. The average Bonchev–Trinajstić information content (AvgIpc) is 3.06. The van der Waals surface area contributed by atoms with Crippen LogP contribution in [0.4, 0.5) is 5.13 Å². The van der Waals surface area contributed by atoms with Crippen LogP contribution in [0.15, 0.2) is 18.3 Å². The highest BCUT2D eigenvalue weighted by Gasteiger charge is 2.09. The van der Waals surface area contributed by atoms with E-state index in [0.29, 0.717) is 29.4 Å². The molecule has 0 aromatic carbocycles. The standard InChI is InChI=1S/C11H11N7OS/c12-11-18-16-8(20-11)3-4-13-10(19)7-2-1-6-5-14-17-9(6)15-7/h1-2,5H,3-4H2,(H2,12,18)(H,13,19)(H,14,15,17). The number of nitrogens with zero attached hydrogens (tertiary/aromatic N) is 4. The Labute approximate surface area is 117 Å². The van der Waals surface area contributed by atoms with Gasteiger partial charge in [-0.15, -0.1) is 10.2 Å². The van der Waals surface area contributed by atoms with Gasteiger partial charge >= 0.3 is 0 Å². The molecule has 3 aromatic rings. The topological polar surface area (TPSA) is 122 Å². The number of hydrogen-bond acceptors (Lipinski definition) is 7. The van der Waals surface area contributed by atoms with Crippen LogP contribution in [0.3, 0.4) is 0 Å². The molecule has 0 fully saturated rings. The minimum Gasteiger partial charge on any atom is -0.374 e. The third-order valence-electron chi connectivity index (χ3n) is 2.64. The Morgan fingerprint density at radius 3 is 3.10 bits per heavy atom. The minimum absolute atomic E-state index is 0.237. The fourth-order valence-electron chi connectivity index (χ4n) is 1.69. The van der Waals surface area contributed by atoms with Crippen molar-refractivity contribution in [3.63, 3.8) is 0 Å². The molecule has 4 N–H and O–H groups in total. The first-order valence-electron chi connectivity index (χ1n) is 5.88. The Morgan fingerprint density at radius 1 is 1.40 bits per heavy atom. The Morgan fingerprint density at radius 2 is 2.30 bits per heavy atom. The summed E-state index contributed by atoms with van der Waals surface area (Å²) >= 11 is 1.31. The summed E-state index contributed by atoms with van der Waals surface area (Å²) in [4.78, 5) is 16.1. The van der Waals surface area contributed by atoms with E-state index < -0.39 is 0 Å². The lowest BCUT2D eigenvalue weighted by molar-refractivity contribution is 0.0949. The number of fused-ring (bicyclic) bond motifs is 1. The predicted octanol–water partition coefficient (Wildman–Crippen LogP) is 0.364. The van der Waals surface area contributed by atoms with Crippen LogP contribution in [-0.2, 0) is 6.42 Å². The zero-order chi connectivity index (χ0) is 13.9. The summed E-state index contributed by atoms with van der Waals surface area (Å²) in [5, 5.41) is 19.0. The molecule has 0 saturated heterocycles. The first-order chi connectivity index (χ1) is 9.72. The fraction of sp³-hybridized carbons (Fsp3) is 0.182. The van der Waals surface area contributed by atoms with Crippen molar-refractivity contribution in [2.24, 2.45) is 0 Å². The number of aromatic amines is 1. The van der Waals surface area contributed by atoms with Gasteiger partial charge in [0.2, 0.25) is 5.13 Å². The third-order valence-corrected chi connectivity index (χ3v) is 3.45. The fourth-order valence-corrected chi connectivity index (χ4v) is 2.30. The van der Waals surface area contributed by atoms with Crippen molar-refractivity contribution in [1.29, 1.82) is 0 Å². The van der Waals surface area contributed by atoms with Crippen molar-refractivity contribution < 1.29 is 4.79 Å². The summed E-state index contributed by atoms with van der Waals surface area (Å²) in [6, 6.07) is 3.46. The second-order valence-electron chi connectivity index (χ2n) is 4.04. The molecule has 1 amide bonds. The van der Waals surface area contributed by atoms with E-state index in [9.17, 15) is 4.79 Å². The molecule has 0 bridgehead atoms. The molecule has 102 valence electrons. The molecule has 0 aliphatic rings. The van der Waals surface area contributed by atoms with Crippen LogP contribution in [0.2, 0.25) is 0 Å². The predicted molar refractivity (Wildman–Crippen MR) is 74.2 cm³/mol. The maximum absolute atomic E-state index is 11.9. The van der Waals surface area contributed by atoms with Crippen molar-refractivity contribution in [2.45, 2.75) is 6.42 Å². The number of nitrogens with two attached hydrogens (primary N) is 1. The van der Waals surface area contributed by atoms with Crippen LogP contribution < -0.4 is 11.1 Å². The highest BCUT2D eigenvalue weighted by Crippen LogP contribution is 2.11. The van der Waals surface area contributed by atoms with Gasteiger partial charge in [-0.3, -0.25) is 9.89 Å². The van der Waals surface area contributed by atoms with E-state index in [0.717, 1.165) is 10.4 Å². The normalized spacial score (nSPS) is 10.8. The quantitative estimate of drug-likeness (QED) is 0.637. The third kappa shape index (κ3) is 2.57. The number of hydrogen-bond donors (Lipinski definition) is 3. The Hall–Kier alpha value is -2.55. The van der Waals surface area contributed by atoms with Crippen LogP contribution in [0.25, 0.3) is 11.0 Å². The first-order valence-corrected chi connectivity index (χ1v) is 6.70. The lowest BCUT2D eigenvalue weighted by atomic mass is 10.3. The van der Waals surface area contributed by atoms with E-state index in [-0.39, 0.29) is 5.91 Å². The number of carbonyl (C=O) groups excluding carboxylic acids is 1. The molecule has 3 heterocycles. The Kier molecular flexibility index (Phi) is 3.25. The van der Waals surface area contributed by atoms with E-state index in [2.05, 4.69) is 30.7 Å². The molecule has 0 unspecified atom stereocenters. The number of anilines is 1. The van der Waals surface area contributed by atoms with Gasteiger partial charge in [0.15, 0.2) is 5.65 Å². The highest BCUT2D eigenvalue weighted by molar-refractivity contribution is 7.15. The Balaban J connectivity index is 1.61. The maximum Gasteiger partial charge on any atom is 0.269 e. The zero-order valence-electron chi connectivity index (χ0n) is 10.3. The smallest absolute Gasteiger partial charge is 0.269 e. The lowest BCUT2D eigenvalue weighted by Gasteiger charge is -2.02. The zero-order valence-corrected chi connectivity index (χ0v) is 11.1. The van der Waals surface area contributed by atoms with Gasteiger partial charge in [-0.1, -0.05) is 11.3 Å². The van der Waals surface area contributed by atoms with E-state index >= 15 is 0 Å². The number of aromatic nitrogens is 5. The van der Waals surface area contributed by atoms with Crippen LogP contribution in [0.5, 0.6) is 0 Å². The van der Waals surface area contributed by atoms with E-state index in [1.54, 1.807) is 18.3 Å². The van der Waals surface area contributed by atoms with Crippen LogP contribution in [0.1, 0.15) is 15.5 Å². The number of pyridine rings is 1. The summed E-state index contributed by atoms with van der Waals surface area (Å²) in [5.41, 5.74) is 6.42. The maximum atomic E-state index is 11.9. The van der Waals surface area contributed by atoms with Crippen LogP contribution >= 0.6 is 11.3 Å². The first kappa shape index (κ1) is 12.5.